The first-order valence-electron chi connectivity index (χ1n) is 5.95. The van der Waals surface area contributed by atoms with Crippen molar-refractivity contribution in [3.05, 3.63) is 23.8 Å². The summed E-state index contributed by atoms with van der Waals surface area (Å²) in [6.07, 6.45) is 0.785. The molecule has 18 heavy (non-hydrogen) atoms. The van der Waals surface area contributed by atoms with Gasteiger partial charge in [-0.2, -0.15) is 0 Å². The number of epoxide rings is 2. The first-order valence-corrected chi connectivity index (χ1v) is 5.95. The Morgan fingerprint density at radius 1 is 1.11 bits per heavy atom. The van der Waals surface area contributed by atoms with Gasteiger partial charge in [0.15, 0.2) is 0 Å². The number of ether oxygens (including phenoxy) is 3. The fourth-order valence-corrected chi connectivity index (χ4v) is 1.27. The summed E-state index contributed by atoms with van der Waals surface area (Å²) in [7, 11) is 0. The molecule has 2 N–H and O–H groups in total. The molecular weight excluding hydrogens is 236 g/mol. The maximum absolute atomic E-state index is 8.94. The van der Waals surface area contributed by atoms with E-state index in [0.29, 0.717) is 17.8 Å². The minimum atomic E-state index is 0.134. The van der Waals surface area contributed by atoms with E-state index in [-0.39, 0.29) is 11.5 Å². The summed E-state index contributed by atoms with van der Waals surface area (Å²) in [5, 5.41) is 17.9. The van der Waals surface area contributed by atoms with Gasteiger partial charge in [-0.05, 0) is 19.1 Å². The Kier molecular flexibility index (Phi) is 4.41. The van der Waals surface area contributed by atoms with E-state index in [1.807, 2.05) is 0 Å². The monoisotopic (exact) mass is 254 g/mol. The highest BCUT2D eigenvalue weighted by molar-refractivity contribution is 5.41. The minimum Gasteiger partial charge on any atom is -0.508 e. The molecule has 0 saturated carbocycles. The standard InChI is InChI=1S/C7H8O2.C6H10O3/c1-5-6(8)3-2-4-7(5)9;1(5-3-8-5)7-2-6-4-9-6/h2-4,8-9H,1H3;5-6H,1-4H2. The van der Waals surface area contributed by atoms with Crippen molar-refractivity contribution in [1.82, 2.24) is 0 Å². The fraction of sp³-hybridized carbons (Fsp3) is 0.538. The van der Waals surface area contributed by atoms with Crippen molar-refractivity contribution in [2.45, 2.75) is 19.1 Å². The molecular formula is C13H18O5. The highest BCUT2D eigenvalue weighted by Crippen LogP contribution is 2.23. The number of phenolic OH excluding ortho intramolecular Hbond substituents is 2. The van der Waals surface area contributed by atoms with Gasteiger partial charge in [-0.25, -0.2) is 0 Å². The van der Waals surface area contributed by atoms with E-state index in [0.717, 1.165) is 26.4 Å². The zero-order chi connectivity index (χ0) is 13.0. The van der Waals surface area contributed by atoms with Crippen molar-refractivity contribution in [3.63, 3.8) is 0 Å². The molecule has 0 amide bonds. The SMILES string of the molecule is C(OCC1CO1)C1CO1.Cc1c(O)cccc1O. The van der Waals surface area contributed by atoms with Gasteiger partial charge in [0.2, 0.25) is 0 Å². The molecule has 2 aliphatic heterocycles. The smallest absolute Gasteiger partial charge is 0.122 e. The van der Waals surface area contributed by atoms with Crippen LogP contribution in [0.25, 0.3) is 0 Å². The molecule has 0 radical (unpaired) electrons. The molecule has 5 nitrogen and oxygen atoms in total. The third kappa shape index (κ3) is 4.52. The molecule has 2 unspecified atom stereocenters. The Hall–Kier alpha value is -1.30. The van der Waals surface area contributed by atoms with Crippen molar-refractivity contribution < 1.29 is 24.4 Å². The van der Waals surface area contributed by atoms with Crippen LogP contribution in [0.3, 0.4) is 0 Å². The highest BCUT2D eigenvalue weighted by atomic mass is 16.6. The van der Waals surface area contributed by atoms with E-state index in [2.05, 4.69) is 0 Å². The number of phenols is 2. The second-order valence-electron chi connectivity index (χ2n) is 4.37. The van der Waals surface area contributed by atoms with E-state index < -0.39 is 0 Å². The van der Waals surface area contributed by atoms with Gasteiger partial charge in [-0.3, -0.25) is 0 Å². The molecule has 1 aromatic carbocycles. The average Bonchev–Trinajstić information content (AvgIpc) is 3.20. The van der Waals surface area contributed by atoms with Crippen molar-refractivity contribution >= 4 is 0 Å². The number of benzene rings is 1. The Bertz CT molecular complexity index is 353. The Morgan fingerprint density at radius 2 is 1.56 bits per heavy atom. The van der Waals surface area contributed by atoms with Gasteiger partial charge >= 0.3 is 0 Å². The van der Waals surface area contributed by atoms with E-state index in [1.165, 1.54) is 12.1 Å². The summed E-state index contributed by atoms with van der Waals surface area (Å²) in [5.41, 5.74) is 0.525. The van der Waals surface area contributed by atoms with E-state index in [1.54, 1.807) is 13.0 Å². The van der Waals surface area contributed by atoms with E-state index in [9.17, 15) is 0 Å². The maximum atomic E-state index is 8.94. The Morgan fingerprint density at radius 3 is 1.89 bits per heavy atom. The zero-order valence-corrected chi connectivity index (χ0v) is 10.3. The van der Waals surface area contributed by atoms with Crippen LogP contribution in [0.15, 0.2) is 18.2 Å². The molecule has 2 aliphatic rings. The molecule has 0 aliphatic carbocycles. The van der Waals surface area contributed by atoms with Crippen LogP contribution >= 0.6 is 0 Å². The number of hydrogen-bond donors (Lipinski definition) is 2. The summed E-state index contributed by atoms with van der Waals surface area (Å²) >= 11 is 0. The summed E-state index contributed by atoms with van der Waals surface area (Å²) < 4.78 is 15.1. The lowest BCUT2D eigenvalue weighted by atomic mass is 10.2. The van der Waals surface area contributed by atoms with Gasteiger partial charge in [-0.15, -0.1) is 0 Å². The van der Waals surface area contributed by atoms with Crippen molar-refractivity contribution in [1.29, 1.82) is 0 Å². The molecule has 100 valence electrons. The van der Waals surface area contributed by atoms with Crippen LogP contribution in [0.2, 0.25) is 0 Å². The van der Waals surface area contributed by atoms with Gasteiger partial charge in [0, 0.05) is 5.56 Å². The molecule has 2 heterocycles. The summed E-state index contributed by atoms with van der Waals surface area (Å²) in [5.74, 6) is 0.269. The maximum Gasteiger partial charge on any atom is 0.122 e. The lowest BCUT2D eigenvalue weighted by molar-refractivity contribution is 0.102. The predicted molar refractivity (Wildman–Crippen MR) is 64.8 cm³/mol. The fourth-order valence-electron chi connectivity index (χ4n) is 1.27. The molecule has 0 bridgehead atoms. The number of hydrogen-bond acceptors (Lipinski definition) is 5. The van der Waals surface area contributed by atoms with Gasteiger partial charge in [0.05, 0.1) is 26.4 Å². The third-order valence-corrected chi connectivity index (χ3v) is 2.69. The molecule has 2 fully saturated rings. The molecule has 2 saturated heterocycles. The molecule has 5 heteroatoms. The number of aromatic hydroxyl groups is 2. The van der Waals surface area contributed by atoms with Crippen molar-refractivity contribution in [3.8, 4) is 11.5 Å². The normalized spacial score (nSPS) is 24.1. The lowest BCUT2D eigenvalue weighted by Gasteiger charge is -1.98. The van der Waals surface area contributed by atoms with Crippen LogP contribution in [0, 0.1) is 6.92 Å². The molecule has 1 aromatic rings. The van der Waals surface area contributed by atoms with E-state index >= 15 is 0 Å². The lowest BCUT2D eigenvalue weighted by Crippen LogP contribution is -2.06. The quantitative estimate of drug-likeness (QED) is 0.790. The first kappa shape index (κ1) is 13.1. The van der Waals surface area contributed by atoms with Crippen molar-refractivity contribution in [2.75, 3.05) is 26.4 Å². The minimum absolute atomic E-state index is 0.134. The van der Waals surface area contributed by atoms with Gasteiger partial charge in [0.25, 0.3) is 0 Å². The van der Waals surface area contributed by atoms with E-state index in [4.69, 9.17) is 24.4 Å². The predicted octanol–water partition coefficient (Wildman–Crippen LogP) is 1.21. The van der Waals surface area contributed by atoms with Crippen LogP contribution in [-0.2, 0) is 14.2 Å². The topological polar surface area (TPSA) is 74.8 Å². The number of rotatable bonds is 4. The van der Waals surface area contributed by atoms with Gasteiger partial charge < -0.3 is 24.4 Å². The van der Waals surface area contributed by atoms with Crippen LogP contribution in [0.4, 0.5) is 0 Å². The Labute approximate surface area is 106 Å². The molecule has 2 atom stereocenters. The summed E-state index contributed by atoms with van der Waals surface area (Å²) in [4.78, 5) is 0. The highest BCUT2D eigenvalue weighted by Gasteiger charge is 2.26. The van der Waals surface area contributed by atoms with Crippen LogP contribution in [0.5, 0.6) is 11.5 Å². The van der Waals surface area contributed by atoms with Crippen LogP contribution in [0.1, 0.15) is 5.56 Å². The second kappa shape index (κ2) is 6.04. The van der Waals surface area contributed by atoms with Gasteiger partial charge in [-0.1, -0.05) is 6.07 Å². The molecule has 0 spiro atoms. The summed E-state index contributed by atoms with van der Waals surface area (Å²) in [6.45, 7) is 4.92. The first-order chi connectivity index (χ1) is 8.66. The van der Waals surface area contributed by atoms with Crippen LogP contribution in [-0.4, -0.2) is 48.8 Å². The van der Waals surface area contributed by atoms with Crippen molar-refractivity contribution in [2.24, 2.45) is 0 Å². The van der Waals surface area contributed by atoms with Crippen LogP contribution < -0.4 is 0 Å². The van der Waals surface area contributed by atoms with Gasteiger partial charge in [0.1, 0.15) is 23.7 Å². The average molecular weight is 254 g/mol. The molecule has 3 rings (SSSR count). The largest absolute Gasteiger partial charge is 0.508 e. The Balaban J connectivity index is 0.000000134. The molecule has 0 aromatic heterocycles. The third-order valence-electron chi connectivity index (χ3n) is 2.69. The summed E-state index contributed by atoms with van der Waals surface area (Å²) in [6, 6.07) is 4.67. The second-order valence-corrected chi connectivity index (χ2v) is 4.37. The zero-order valence-electron chi connectivity index (χ0n) is 10.3.